The van der Waals surface area contributed by atoms with Crippen LogP contribution < -0.4 is 5.32 Å². The smallest absolute Gasteiger partial charge is 0.0957 e. The van der Waals surface area contributed by atoms with Crippen LogP contribution in [0.15, 0.2) is 0 Å². The molecule has 1 aliphatic rings. The Labute approximate surface area is 101 Å². The van der Waals surface area contributed by atoms with Crippen LogP contribution in [0.4, 0.5) is 0 Å². The van der Waals surface area contributed by atoms with E-state index in [1.807, 2.05) is 18.4 Å². The standard InChI is InChI=1S/C12H20N2OS/c1-9-11(8-13-2)16-12(14-9)7-10-5-3-4-6-15-10/h10,13H,3-8H2,1-2H3. The van der Waals surface area contributed by atoms with Gasteiger partial charge in [0.05, 0.1) is 16.8 Å². The molecule has 1 aromatic rings. The lowest BCUT2D eigenvalue weighted by Gasteiger charge is -2.21. The van der Waals surface area contributed by atoms with Gasteiger partial charge in [-0.3, -0.25) is 0 Å². The fourth-order valence-corrected chi connectivity index (χ4v) is 3.21. The van der Waals surface area contributed by atoms with Crippen LogP contribution in [-0.2, 0) is 17.7 Å². The molecule has 1 aliphatic heterocycles. The molecule has 1 fully saturated rings. The van der Waals surface area contributed by atoms with Crippen molar-refractivity contribution in [3.8, 4) is 0 Å². The zero-order chi connectivity index (χ0) is 11.4. The fourth-order valence-electron chi connectivity index (χ4n) is 2.06. The summed E-state index contributed by atoms with van der Waals surface area (Å²) in [4.78, 5) is 5.98. The number of hydrogen-bond donors (Lipinski definition) is 1. The van der Waals surface area contributed by atoms with E-state index in [1.54, 1.807) is 0 Å². The van der Waals surface area contributed by atoms with Gasteiger partial charge in [-0.15, -0.1) is 11.3 Å². The molecule has 16 heavy (non-hydrogen) atoms. The largest absolute Gasteiger partial charge is 0.378 e. The summed E-state index contributed by atoms with van der Waals surface area (Å²) >= 11 is 1.82. The second-order valence-electron chi connectivity index (χ2n) is 4.34. The summed E-state index contributed by atoms with van der Waals surface area (Å²) < 4.78 is 5.74. The lowest BCUT2D eigenvalue weighted by atomic mass is 10.1. The Morgan fingerprint density at radius 3 is 3.06 bits per heavy atom. The zero-order valence-corrected chi connectivity index (χ0v) is 10.9. The first-order valence-corrected chi connectivity index (χ1v) is 6.82. The van der Waals surface area contributed by atoms with Crippen LogP contribution in [0.25, 0.3) is 0 Å². The monoisotopic (exact) mass is 240 g/mol. The van der Waals surface area contributed by atoms with E-state index < -0.39 is 0 Å². The van der Waals surface area contributed by atoms with Crippen LogP contribution in [0.5, 0.6) is 0 Å². The van der Waals surface area contributed by atoms with Gasteiger partial charge >= 0.3 is 0 Å². The minimum Gasteiger partial charge on any atom is -0.378 e. The third-order valence-corrected chi connectivity index (χ3v) is 4.13. The Balaban J connectivity index is 1.95. The van der Waals surface area contributed by atoms with Gasteiger partial charge in [0.2, 0.25) is 0 Å². The second kappa shape index (κ2) is 5.75. The first-order valence-electron chi connectivity index (χ1n) is 6.01. The minimum atomic E-state index is 0.404. The summed E-state index contributed by atoms with van der Waals surface area (Å²) in [7, 11) is 1.98. The molecule has 90 valence electrons. The first kappa shape index (κ1) is 12.0. The Kier molecular flexibility index (Phi) is 4.32. The van der Waals surface area contributed by atoms with E-state index in [4.69, 9.17) is 4.74 Å². The summed E-state index contributed by atoms with van der Waals surface area (Å²) in [6.07, 6.45) is 5.12. The molecular weight excluding hydrogens is 220 g/mol. The van der Waals surface area contributed by atoms with Gasteiger partial charge < -0.3 is 10.1 Å². The van der Waals surface area contributed by atoms with Crippen LogP contribution in [0, 0.1) is 6.92 Å². The summed E-state index contributed by atoms with van der Waals surface area (Å²) in [5, 5.41) is 4.41. The Morgan fingerprint density at radius 2 is 2.38 bits per heavy atom. The van der Waals surface area contributed by atoms with Crippen LogP contribution in [0.2, 0.25) is 0 Å². The van der Waals surface area contributed by atoms with Gasteiger partial charge in [-0.05, 0) is 33.2 Å². The van der Waals surface area contributed by atoms with Crippen molar-refractivity contribution in [2.45, 2.75) is 45.3 Å². The van der Waals surface area contributed by atoms with E-state index in [0.717, 1.165) is 19.6 Å². The molecule has 1 aromatic heterocycles. The molecule has 1 unspecified atom stereocenters. The third-order valence-electron chi connectivity index (χ3n) is 2.95. The van der Waals surface area contributed by atoms with Crippen LogP contribution in [0.1, 0.15) is 34.8 Å². The number of nitrogens with one attached hydrogen (secondary N) is 1. The predicted molar refractivity (Wildman–Crippen MR) is 66.9 cm³/mol. The molecule has 0 saturated carbocycles. The fraction of sp³-hybridized carbons (Fsp3) is 0.750. The molecule has 1 N–H and O–H groups in total. The van der Waals surface area contributed by atoms with E-state index in [0.29, 0.717) is 6.10 Å². The van der Waals surface area contributed by atoms with E-state index in [9.17, 15) is 0 Å². The van der Waals surface area contributed by atoms with Crippen molar-refractivity contribution in [2.75, 3.05) is 13.7 Å². The summed E-state index contributed by atoms with van der Waals surface area (Å²) in [5.74, 6) is 0. The normalized spacial score (nSPS) is 21.2. The SMILES string of the molecule is CNCc1sc(CC2CCCCO2)nc1C. The molecule has 0 aromatic carbocycles. The van der Waals surface area contributed by atoms with Gasteiger partial charge in [-0.25, -0.2) is 4.98 Å². The van der Waals surface area contributed by atoms with Crippen LogP contribution in [-0.4, -0.2) is 24.7 Å². The molecule has 0 aliphatic carbocycles. The molecule has 2 rings (SSSR count). The number of thiazole rings is 1. The van der Waals surface area contributed by atoms with Crippen molar-refractivity contribution in [3.05, 3.63) is 15.6 Å². The van der Waals surface area contributed by atoms with Gasteiger partial charge in [0.1, 0.15) is 0 Å². The minimum absolute atomic E-state index is 0.404. The molecule has 0 amide bonds. The van der Waals surface area contributed by atoms with Crippen molar-refractivity contribution in [1.82, 2.24) is 10.3 Å². The predicted octanol–water partition coefficient (Wildman–Crippen LogP) is 2.28. The Hall–Kier alpha value is -0.450. The lowest BCUT2D eigenvalue weighted by molar-refractivity contribution is 0.0167. The van der Waals surface area contributed by atoms with Crippen LogP contribution >= 0.6 is 11.3 Å². The van der Waals surface area contributed by atoms with Crippen molar-refractivity contribution < 1.29 is 4.74 Å². The maximum atomic E-state index is 5.74. The number of rotatable bonds is 4. The van der Waals surface area contributed by atoms with Gasteiger partial charge in [0.15, 0.2) is 0 Å². The molecule has 0 spiro atoms. The van der Waals surface area contributed by atoms with Gasteiger partial charge in [0.25, 0.3) is 0 Å². The molecule has 2 heterocycles. The van der Waals surface area contributed by atoms with E-state index >= 15 is 0 Å². The van der Waals surface area contributed by atoms with Gasteiger partial charge in [0, 0.05) is 24.4 Å². The highest BCUT2D eigenvalue weighted by molar-refractivity contribution is 7.11. The number of aromatic nitrogens is 1. The van der Waals surface area contributed by atoms with Crippen LogP contribution in [0.3, 0.4) is 0 Å². The number of ether oxygens (including phenoxy) is 1. The molecule has 4 heteroatoms. The highest BCUT2D eigenvalue weighted by Gasteiger charge is 2.17. The number of nitrogens with zero attached hydrogens (tertiary/aromatic N) is 1. The average Bonchev–Trinajstić information content (AvgIpc) is 2.61. The molecule has 0 bridgehead atoms. The van der Waals surface area contributed by atoms with Crippen molar-refractivity contribution >= 4 is 11.3 Å². The highest BCUT2D eigenvalue weighted by atomic mass is 32.1. The molecule has 1 saturated heterocycles. The lowest BCUT2D eigenvalue weighted by Crippen LogP contribution is -2.21. The molecule has 0 radical (unpaired) electrons. The van der Waals surface area contributed by atoms with Gasteiger partial charge in [-0.2, -0.15) is 0 Å². The van der Waals surface area contributed by atoms with E-state index in [2.05, 4.69) is 17.2 Å². The number of aryl methyl sites for hydroxylation is 1. The topological polar surface area (TPSA) is 34.1 Å². The summed E-state index contributed by atoms with van der Waals surface area (Å²) in [5.41, 5.74) is 1.17. The molecule has 1 atom stereocenters. The Bertz CT molecular complexity index is 332. The maximum absolute atomic E-state index is 5.74. The maximum Gasteiger partial charge on any atom is 0.0957 e. The Morgan fingerprint density at radius 1 is 1.50 bits per heavy atom. The van der Waals surface area contributed by atoms with E-state index in [1.165, 1.54) is 34.8 Å². The third kappa shape index (κ3) is 3.03. The van der Waals surface area contributed by atoms with Gasteiger partial charge in [-0.1, -0.05) is 0 Å². The highest BCUT2D eigenvalue weighted by Crippen LogP contribution is 2.23. The van der Waals surface area contributed by atoms with Crippen molar-refractivity contribution in [1.29, 1.82) is 0 Å². The first-order chi connectivity index (χ1) is 7.79. The van der Waals surface area contributed by atoms with E-state index in [-0.39, 0.29) is 0 Å². The number of hydrogen-bond acceptors (Lipinski definition) is 4. The van der Waals surface area contributed by atoms with Crippen molar-refractivity contribution in [3.63, 3.8) is 0 Å². The average molecular weight is 240 g/mol. The zero-order valence-electron chi connectivity index (χ0n) is 10.1. The van der Waals surface area contributed by atoms with Crippen molar-refractivity contribution in [2.24, 2.45) is 0 Å². The second-order valence-corrected chi connectivity index (χ2v) is 5.51. The molecular formula is C12H20N2OS. The summed E-state index contributed by atoms with van der Waals surface area (Å²) in [6, 6.07) is 0. The quantitative estimate of drug-likeness (QED) is 0.876. The summed E-state index contributed by atoms with van der Waals surface area (Å²) in [6.45, 7) is 3.95. The molecule has 3 nitrogen and oxygen atoms in total.